The molecular weight excluding hydrogens is 418 g/mol. The van der Waals surface area contributed by atoms with Crippen LogP contribution in [0, 0.1) is 0 Å². The minimum absolute atomic E-state index is 0.851. The number of imidazole rings is 1. The van der Waals surface area contributed by atoms with E-state index in [0.717, 1.165) is 44.2 Å². The Labute approximate surface area is 193 Å². The monoisotopic (exact) mass is 435 g/mol. The summed E-state index contributed by atoms with van der Waals surface area (Å²) in [5.41, 5.74) is 7.16. The van der Waals surface area contributed by atoms with Gasteiger partial charge in [-0.05, 0) is 53.9 Å². The predicted molar refractivity (Wildman–Crippen MR) is 138 cm³/mol. The van der Waals surface area contributed by atoms with Crippen LogP contribution in [0.2, 0.25) is 0 Å². The lowest BCUT2D eigenvalue weighted by Crippen LogP contribution is -1.95. The van der Waals surface area contributed by atoms with Crippen molar-refractivity contribution in [1.29, 1.82) is 0 Å². The van der Waals surface area contributed by atoms with Crippen molar-refractivity contribution in [3.8, 4) is 5.69 Å². The van der Waals surface area contributed by atoms with E-state index in [-0.39, 0.29) is 0 Å². The Morgan fingerprint density at radius 1 is 0.559 bits per heavy atom. The summed E-state index contributed by atoms with van der Waals surface area (Å²) in [5, 5.41) is 5.84. The number of pyridine rings is 3. The van der Waals surface area contributed by atoms with Crippen molar-refractivity contribution in [3.63, 3.8) is 0 Å². The molecule has 0 saturated carbocycles. The fourth-order valence-corrected chi connectivity index (χ4v) is 5.39. The number of benzene rings is 3. The van der Waals surface area contributed by atoms with Crippen LogP contribution in [0.5, 0.6) is 0 Å². The molecule has 5 aromatic heterocycles. The van der Waals surface area contributed by atoms with Crippen molar-refractivity contribution in [3.05, 3.63) is 104 Å². The molecule has 0 aliphatic heterocycles. The van der Waals surface area contributed by atoms with Gasteiger partial charge in [0.1, 0.15) is 11.2 Å². The van der Waals surface area contributed by atoms with E-state index in [4.69, 9.17) is 4.98 Å². The average Bonchev–Trinajstić information content (AvgIpc) is 3.44. The van der Waals surface area contributed by atoms with E-state index in [1.54, 1.807) is 0 Å². The van der Waals surface area contributed by atoms with Gasteiger partial charge in [-0.3, -0.25) is 9.38 Å². The molecular formula is C29H17N5. The zero-order chi connectivity index (χ0) is 22.2. The molecule has 158 valence electrons. The molecule has 0 atom stereocenters. The molecule has 0 N–H and O–H groups in total. The molecule has 34 heavy (non-hydrogen) atoms. The Bertz CT molecular complexity index is 2070. The quantitative estimate of drug-likeness (QED) is 0.270. The van der Waals surface area contributed by atoms with Crippen LogP contribution in [0.1, 0.15) is 0 Å². The molecule has 0 spiro atoms. The number of hydrogen-bond acceptors (Lipinski definition) is 3. The molecule has 0 amide bonds. The highest BCUT2D eigenvalue weighted by Crippen LogP contribution is 2.38. The Kier molecular flexibility index (Phi) is 3.34. The van der Waals surface area contributed by atoms with E-state index < -0.39 is 0 Å². The summed E-state index contributed by atoms with van der Waals surface area (Å²) in [6.45, 7) is 0. The maximum atomic E-state index is 5.01. The average molecular weight is 435 g/mol. The molecule has 0 aliphatic carbocycles. The van der Waals surface area contributed by atoms with Crippen molar-refractivity contribution < 1.29 is 0 Å². The molecule has 8 aromatic rings. The topological polar surface area (TPSA) is 48.0 Å². The van der Waals surface area contributed by atoms with Crippen molar-refractivity contribution in [2.75, 3.05) is 0 Å². The van der Waals surface area contributed by atoms with Crippen LogP contribution in [-0.2, 0) is 0 Å². The molecule has 0 aliphatic rings. The van der Waals surface area contributed by atoms with Crippen LogP contribution in [0.3, 0.4) is 0 Å². The Morgan fingerprint density at radius 3 is 2.35 bits per heavy atom. The largest absolute Gasteiger partial charge is 0.309 e. The second-order valence-electron chi connectivity index (χ2n) is 8.61. The summed E-state index contributed by atoms with van der Waals surface area (Å²) >= 11 is 0. The molecule has 5 heteroatoms. The van der Waals surface area contributed by atoms with Crippen LogP contribution in [0.15, 0.2) is 104 Å². The van der Waals surface area contributed by atoms with Crippen molar-refractivity contribution >= 4 is 60.3 Å². The first-order valence-electron chi connectivity index (χ1n) is 11.3. The summed E-state index contributed by atoms with van der Waals surface area (Å²) in [6, 6.07) is 29.8. The first-order valence-corrected chi connectivity index (χ1v) is 11.3. The Morgan fingerprint density at radius 2 is 1.41 bits per heavy atom. The standard InChI is InChI=1S/C29H17N5/c1-2-7-18(8-3-1)33-25-11-5-4-9-19(25)22-15-23-21(16-26(22)33)20-12-14-30-17-27(20)34-28(23)32-24-10-6-13-31-29(24)34/h1-17H. The number of rotatable bonds is 1. The molecule has 5 heterocycles. The third-order valence-electron chi connectivity index (χ3n) is 6.81. The third kappa shape index (κ3) is 2.20. The van der Waals surface area contributed by atoms with Crippen molar-refractivity contribution in [2.45, 2.75) is 0 Å². The van der Waals surface area contributed by atoms with E-state index >= 15 is 0 Å². The van der Waals surface area contributed by atoms with E-state index in [0.29, 0.717) is 0 Å². The number of nitrogens with zero attached hydrogens (tertiary/aromatic N) is 5. The molecule has 0 fully saturated rings. The van der Waals surface area contributed by atoms with Gasteiger partial charge < -0.3 is 4.57 Å². The zero-order valence-corrected chi connectivity index (χ0v) is 18.1. The minimum Gasteiger partial charge on any atom is -0.309 e. The molecule has 0 unspecified atom stereocenters. The summed E-state index contributed by atoms with van der Waals surface area (Å²) < 4.78 is 4.49. The second-order valence-corrected chi connectivity index (χ2v) is 8.61. The van der Waals surface area contributed by atoms with Gasteiger partial charge in [0, 0.05) is 39.6 Å². The van der Waals surface area contributed by atoms with Gasteiger partial charge in [-0.25, -0.2) is 9.97 Å². The normalized spacial score (nSPS) is 12.1. The number of fused-ring (bicyclic) bond motifs is 11. The fraction of sp³-hybridized carbons (Fsp3) is 0. The van der Waals surface area contributed by atoms with Gasteiger partial charge >= 0.3 is 0 Å². The smallest absolute Gasteiger partial charge is 0.165 e. The summed E-state index contributed by atoms with van der Waals surface area (Å²) in [5.74, 6) is 0. The van der Waals surface area contributed by atoms with Crippen LogP contribution < -0.4 is 0 Å². The number of hydrogen-bond donors (Lipinski definition) is 0. The Balaban J connectivity index is 1.67. The van der Waals surface area contributed by atoms with Gasteiger partial charge in [0.15, 0.2) is 5.65 Å². The van der Waals surface area contributed by atoms with Gasteiger partial charge in [-0.15, -0.1) is 0 Å². The van der Waals surface area contributed by atoms with Gasteiger partial charge in [0.25, 0.3) is 0 Å². The maximum Gasteiger partial charge on any atom is 0.165 e. The highest BCUT2D eigenvalue weighted by molar-refractivity contribution is 6.21. The second kappa shape index (κ2) is 6.39. The lowest BCUT2D eigenvalue weighted by molar-refractivity contribution is 1.18. The fourth-order valence-electron chi connectivity index (χ4n) is 5.39. The van der Waals surface area contributed by atoms with Gasteiger partial charge in [-0.2, -0.15) is 0 Å². The zero-order valence-electron chi connectivity index (χ0n) is 18.1. The lowest BCUT2D eigenvalue weighted by atomic mass is 10.0. The SMILES string of the molecule is c1ccc(-n2c3ccccc3c3cc4c(cc32)c2ccncc2n2c3ncccc3nc42)cc1. The van der Waals surface area contributed by atoms with Gasteiger partial charge in [-0.1, -0.05) is 36.4 Å². The molecule has 3 aromatic carbocycles. The van der Waals surface area contributed by atoms with E-state index in [2.05, 4.69) is 91.7 Å². The number of aromatic nitrogens is 5. The van der Waals surface area contributed by atoms with E-state index in [1.165, 1.54) is 21.8 Å². The molecule has 0 radical (unpaired) electrons. The van der Waals surface area contributed by atoms with E-state index in [9.17, 15) is 0 Å². The number of para-hydroxylation sites is 2. The van der Waals surface area contributed by atoms with E-state index in [1.807, 2.05) is 30.7 Å². The highest BCUT2D eigenvalue weighted by Gasteiger charge is 2.18. The van der Waals surface area contributed by atoms with Gasteiger partial charge in [0.05, 0.1) is 22.7 Å². The van der Waals surface area contributed by atoms with Crippen LogP contribution in [0.25, 0.3) is 66.0 Å². The summed E-state index contributed by atoms with van der Waals surface area (Å²) in [4.78, 5) is 14.1. The van der Waals surface area contributed by atoms with Crippen LogP contribution in [-0.4, -0.2) is 23.9 Å². The minimum atomic E-state index is 0.851. The predicted octanol–water partition coefficient (Wildman–Crippen LogP) is 6.68. The van der Waals surface area contributed by atoms with Crippen molar-refractivity contribution in [1.82, 2.24) is 23.9 Å². The van der Waals surface area contributed by atoms with Crippen LogP contribution >= 0.6 is 0 Å². The molecule has 0 bridgehead atoms. The first-order chi connectivity index (χ1) is 16.9. The van der Waals surface area contributed by atoms with Crippen LogP contribution in [0.4, 0.5) is 0 Å². The highest BCUT2D eigenvalue weighted by atomic mass is 15.1. The molecule has 5 nitrogen and oxygen atoms in total. The Hall–Kier alpha value is -4.77. The third-order valence-corrected chi connectivity index (χ3v) is 6.81. The van der Waals surface area contributed by atoms with Crippen molar-refractivity contribution in [2.24, 2.45) is 0 Å². The lowest BCUT2D eigenvalue weighted by Gasteiger charge is -2.11. The molecule has 0 saturated heterocycles. The molecule has 8 rings (SSSR count). The first kappa shape index (κ1) is 17.7. The maximum absolute atomic E-state index is 5.01. The summed E-state index contributed by atoms with van der Waals surface area (Å²) in [7, 11) is 0. The van der Waals surface area contributed by atoms with Gasteiger partial charge in [0.2, 0.25) is 0 Å². The summed E-state index contributed by atoms with van der Waals surface area (Å²) in [6.07, 6.45) is 5.59.